The number of ether oxygens (including phenoxy) is 1. The van der Waals surface area contributed by atoms with Gasteiger partial charge in [0.05, 0.1) is 0 Å². The van der Waals surface area contributed by atoms with Crippen LogP contribution in [0.1, 0.15) is 52.9 Å². The van der Waals surface area contributed by atoms with Crippen LogP contribution in [-0.2, 0) is 14.3 Å². The molecule has 4 rings (SSSR count). The molecule has 0 aromatic rings. The van der Waals surface area contributed by atoms with Crippen LogP contribution in [0.5, 0.6) is 0 Å². The normalized spacial score (nSPS) is 39.1. The molecule has 0 aromatic heterocycles. The molecule has 1 atom stereocenters. The minimum absolute atomic E-state index is 0.00912. The van der Waals surface area contributed by atoms with Crippen molar-refractivity contribution < 1.29 is 19.4 Å². The summed E-state index contributed by atoms with van der Waals surface area (Å²) in [5.74, 6) is -0.142. The molecule has 4 bridgehead atoms. The Bertz CT molecular complexity index is 420. The quantitative estimate of drug-likeness (QED) is 0.641. The average molecular weight is 294 g/mol. The highest BCUT2D eigenvalue weighted by molar-refractivity contribution is 5.94. The van der Waals surface area contributed by atoms with Crippen molar-refractivity contribution in [2.24, 2.45) is 35.5 Å². The minimum atomic E-state index is -0.998. The lowest BCUT2D eigenvalue weighted by molar-refractivity contribution is -0.177. The molecule has 4 heteroatoms. The number of rotatable bonds is 3. The number of carboxylic acid groups (broad SMARTS) is 1. The predicted octanol–water partition coefficient (Wildman–Crippen LogP) is 3.10. The first-order valence-electron chi connectivity index (χ1n) is 8.20. The fraction of sp³-hybridized carbons (Fsp3) is 0.882. The maximum absolute atomic E-state index is 12.4. The molecule has 0 aromatic carbocycles. The van der Waals surface area contributed by atoms with Gasteiger partial charge >= 0.3 is 11.9 Å². The van der Waals surface area contributed by atoms with Gasteiger partial charge in [-0.3, -0.25) is 9.59 Å². The third-order valence-electron chi connectivity index (χ3n) is 5.61. The Morgan fingerprint density at radius 3 is 1.86 bits per heavy atom. The molecule has 0 aliphatic heterocycles. The van der Waals surface area contributed by atoms with Crippen molar-refractivity contribution in [3.8, 4) is 0 Å². The van der Waals surface area contributed by atoms with Crippen LogP contribution in [0, 0.1) is 35.5 Å². The second-order valence-electron chi connectivity index (χ2n) is 8.36. The van der Waals surface area contributed by atoms with Gasteiger partial charge in [-0.1, -0.05) is 0 Å². The first-order valence-corrected chi connectivity index (χ1v) is 8.20. The Labute approximate surface area is 126 Å². The van der Waals surface area contributed by atoms with Gasteiger partial charge in [-0.15, -0.1) is 0 Å². The monoisotopic (exact) mass is 294 g/mol. The van der Waals surface area contributed by atoms with E-state index in [-0.39, 0.29) is 5.92 Å². The Morgan fingerprint density at radius 1 is 1.00 bits per heavy atom. The molecule has 4 fully saturated rings. The Morgan fingerprint density at radius 2 is 1.48 bits per heavy atom. The van der Waals surface area contributed by atoms with Crippen LogP contribution in [0.25, 0.3) is 0 Å². The molecule has 0 spiro atoms. The summed E-state index contributed by atoms with van der Waals surface area (Å²) in [4.78, 5) is 24.2. The van der Waals surface area contributed by atoms with E-state index in [0.717, 1.165) is 37.5 Å². The molecule has 0 saturated heterocycles. The van der Waals surface area contributed by atoms with Crippen LogP contribution in [0.4, 0.5) is 0 Å². The van der Waals surface area contributed by atoms with Crippen LogP contribution in [0.15, 0.2) is 0 Å². The summed E-state index contributed by atoms with van der Waals surface area (Å²) in [6.07, 6.45) is 5.78. The van der Waals surface area contributed by atoms with Gasteiger partial charge in [0.2, 0.25) is 0 Å². The van der Waals surface area contributed by atoms with Crippen LogP contribution < -0.4 is 0 Å². The Kier molecular flexibility index (Phi) is 3.53. The van der Waals surface area contributed by atoms with Crippen molar-refractivity contribution in [1.29, 1.82) is 0 Å². The molecule has 4 nitrogen and oxygen atoms in total. The third-order valence-corrected chi connectivity index (χ3v) is 5.61. The lowest BCUT2D eigenvalue weighted by Crippen LogP contribution is -2.51. The molecule has 1 N–H and O–H groups in total. The van der Waals surface area contributed by atoms with E-state index in [1.165, 1.54) is 6.42 Å². The number of carboxylic acids is 1. The van der Waals surface area contributed by atoms with Crippen LogP contribution >= 0.6 is 0 Å². The second kappa shape index (κ2) is 4.99. The molecule has 0 heterocycles. The van der Waals surface area contributed by atoms with Gasteiger partial charge in [-0.25, -0.2) is 0 Å². The summed E-state index contributed by atoms with van der Waals surface area (Å²) in [5.41, 5.74) is -0.628. The third kappa shape index (κ3) is 2.82. The highest BCUT2D eigenvalue weighted by Crippen LogP contribution is 2.58. The van der Waals surface area contributed by atoms with E-state index in [1.807, 2.05) is 0 Å². The molecule has 1 unspecified atom stereocenters. The average Bonchev–Trinajstić information content (AvgIpc) is 2.29. The van der Waals surface area contributed by atoms with Gasteiger partial charge < -0.3 is 9.84 Å². The maximum atomic E-state index is 12.4. The summed E-state index contributed by atoms with van der Waals surface area (Å²) in [7, 11) is 0. The SMILES string of the molecule is CC(C)(C)OC(=O)C(C(=O)O)C1C2CC3CC(C2)CC1C3. The topological polar surface area (TPSA) is 63.6 Å². The summed E-state index contributed by atoms with van der Waals surface area (Å²) in [5, 5.41) is 9.62. The Hall–Kier alpha value is -1.06. The van der Waals surface area contributed by atoms with Crippen LogP contribution in [0.2, 0.25) is 0 Å². The van der Waals surface area contributed by atoms with Crippen molar-refractivity contribution in [1.82, 2.24) is 0 Å². The van der Waals surface area contributed by atoms with Crippen molar-refractivity contribution in [2.75, 3.05) is 0 Å². The molecule has 4 aliphatic carbocycles. The fourth-order valence-corrected chi connectivity index (χ4v) is 5.30. The van der Waals surface area contributed by atoms with Crippen LogP contribution in [0.3, 0.4) is 0 Å². The van der Waals surface area contributed by atoms with Gasteiger partial charge in [0.15, 0.2) is 5.92 Å². The highest BCUT2D eigenvalue weighted by atomic mass is 16.6. The summed E-state index contributed by atoms with van der Waals surface area (Å²) >= 11 is 0. The van der Waals surface area contributed by atoms with E-state index in [1.54, 1.807) is 20.8 Å². The number of carbonyl (C=O) groups is 2. The van der Waals surface area contributed by atoms with Crippen molar-refractivity contribution in [3.63, 3.8) is 0 Å². The van der Waals surface area contributed by atoms with E-state index in [4.69, 9.17) is 4.74 Å². The number of hydrogen-bond donors (Lipinski definition) is 1. The predicted molar refractivity (Wildman–Crippen MR) is 77.5 cm³/mol. The standard InChI is InChI=1S/C17H26O4/c1-17(2,3)21-16(20)14(15(18)19)13-11-5-9-4-10(7-11)8-12(13)6-9/h9-14H,4-8H2,1-3H3,(H,18,19). The lowest BCUT2D eigenvalue weighted by Gasteiger charge is -2.55. The smallest absolute Gasteiger partial charge is 0.321 e. The summed E-state index contributed by atoms with van der Waals surface area (Å²) in [6.45, 7) is 5.38. The molecule has 0 amide bonds. The highest BCUT2D eigenvalue weighted by Gasteiger charge is 2.54. The van der Waals surface area contributed by atoms with Gasteiger partial charge in [0, 0.05) is 0 Å². The minimum Gasteiger partial charge on any atom is -0.481 e. The van der Waals surface area contributed by atoms with E-state index in [2.05, 4.69) is 0 Å². The van der Waals surface area contributed by atoms with Crippen molar-refractivity contribution in [2.45, 2.75) is 58.5 Å². The van der Waals surface area contributed by atoms with Gasteiger partial charge in [0.1, 0.15) is 5.60 Å². The number of aliphatic carboxylic acids is 1. The fourth-order valence-electron chi connectivity index (χ4n) is 5.30. The molecular formula is C17H26O4. The van der Waals surface area contributed by atoms with Crippen molar-refractivity contribution in [3.05, 3.63) is 0 Å². The van der Waals surface area contributed by atoms with E-state index in [0.29, 0.717) is 11.8 Å². The second-order valence-corrected chi connectivity index (χ2v) is 8.36. The molecule has 4 aliphatic rings. The summed E-state index contributed by atoms with van der Waals surface area (Å²) in [6, 6.07) is 0. The number of esters is 1. The maximum Gasteiger partial charge on any atom is 0.321 e. The molecule has 21 heavy (non-hydrogen) atoms. The van der Waals surface area contributed by atoms with Gasteiger partial charge in [0.25, 0.3) is 0 Å². The van der Waals surface area contributed by atoms with E-state index >= 15 is 0 Å². The first kappa shape index (κ1) is 14.9. The zero-order valence-electron chi connectivity index (χ0n) is 13.2. The largest absolute Gasteiger partial charge is 0.481 e. The number of carbonyl (C=O) groups excluding carboxylic acids is 1. The van der Waals surface area contributed by atoms with Crippen LogP contribution in [-0.4, -0.2) is 22.6 Å². The first-order chi connectivity index (χ1) is 9.74. The van der Waals surface area contributed by atoms with E-state index < -0.39 is 23.5 Å². The zero-order valence-corrected chi connectivity index (χ0v) is 13.2. The Balaban J connectivity index is 1.81. The lowest BCUT2D eigenvalue weighted by atomic mass is 9.49. The number of hydrogen-bond acceptors (Lipinski definition) is 3. The van der Waals surface area contributed by atoms with Crippen molar-refractivity contribution >= 4 is 11.9 Å². The molecule has 118 valence electrons. The zero-order chi connectivity index (χ0) is 15.4. The molecule has 0 radical (unpaired) electrons. The van der Waals surface area contributed by atoms with Gasteiger partial charge in [-0.2, -0.15) is 0 Å². The van der Waals surface area contributed by atoms with E-state index in [9.17, 15) is 14.7 Å². The van der Waals surface area contributed by atoms with Gasteiger partial charge in [-0.05, 0) is 82.5 Å². The summed E-state index contributed by atoms with van der Waals surface area (Å²) < 4.78 is 5.40. The molecular weight excluding hydrogens is 268 g/mol. The molecule has 4 saturated carbocycles.